The number of amides is 1. The SMILES string of the molecule is COCOC1C(=O)NC1/C=C/c1ccccc1. The molecule has 1 saturated heterocycles. The van der Waals surface area contributed by atoms with Gasteiger partial charge >= 0.3 is 0 Å². The highest BCUT2D eigenvalue weighted by atomic mass is 16.7. The van der Waals surface area contributed by atoms with E-state index in [1.807, 2.05) is 42.5 Å². The molecular weight excluding hydrogens is 218 g/mol. The van der Waals surface area contributed by atoms with E-state index in [1.54, 1.807) is 0 Å². The maximum absolute atomic E-state index is 11.2. The summed E-state index contributed by atoms with van der Waals surface area (Å²) in [7, 11) is 1.53. The van der Waals surface area contributed by atoms with Crippen LogP contribution in [0.1, 0.15) is 5.56 Å². The highest BCUT2D eigenvalue weighted by Crippen LogP contribution is 2.14. The maximum Gasteiger partial charge on any atom is 0.252 e. The normalized spacial score (nSPS) is 23.5. The first-order chi connectivity index (χ1) is 8.31. The van der Waals surface area contributed by atoms with Crippen molar-refractivity contribution in [3.8, 4) is 0 Å². The molecule has 0 aliphatic carbocycles. The summed E-state index contributed by atoms with van der Waals surface area (Å²) in [6, 6.07) is 9.84. The van der Waals surface area contributed by atoms with E-state index in [0.29, 0.717) is 0 Å². The molecule has 1 N–H and O–H groups in total. The average molecular weight is 233 g/mol. The molecule has 1 aliphatic heterocycles. The third-order valence-electron chi connectivity index (χ3n) is 2.55. The summed E-state index contributed by atoms with van der Waals surface area (Å²) in [6.45, 7) is 0.133. The van der Waals surface area contributed by atoms with Crippen molar-refractivity contribution in [1.82, 2.24) is 5.32 Å². The minimum absolute atomic E-state index is 0.0714. The summed E-state index contributed by atoms with van der Waals surface area (Å²) in [4.78, 5) is 11.2. The Morgan fingerprint density at radius 2 is 2.12 bits per heavy atom. The molecule has 0 spiro atoms. The minimum Gasteiger partial charge on any atom is -0.359 e. The van der Waals surface area contributed by atoms with Crippen LogP contribution < -0.4 is 5.32 Å². The van der Waals surface area contributed by atoms with Crippen molar-refractivity contribution in [3.05, 3.63) is 42.0 Å². The van der Waals surface area contributed by atoms with Gasteiger partial charge in [-0.05, 0) is 5.56 Å². The van der Waals surface area contributed by atoms with Crippen molar-refractivity contribution in [3.63, 3.8) is 0 Å². The number of ether oxygens (including phenoxy) is 2. The van der Waals surface area contributed by atoms with Crippen molar-refractivity contribution in [2.24, 2.45) is 0 Å². The second-order valence-corrected chi connectivity index (χ2v) is 3.80. The zero-order valence-electron chi connectivity index (χ0n) is 9.63. The fraction of sp³-hybridized carbons (Fsp3) is 0.308. The second kappa shape index (κ2) is 5.61. The number of hydrogen-bond acceptors (Lipinski definition) is 3. The number of carbonyl (C=O) groups excluding carboxylic acids is 1. The van der Waals surface area contributed by atoms with E-state index >= 15 is 0 Å². The predicted octanol–water partition coefficient (Wildman–Crippen LogP) is 1.19. The van der Waals surface area contributed by atoms with Crippen LogP contribution in [0.25, 0.3) is 6.08 Å². The molecule has 1 aromatic carbocycles. The molecule has 1 fully saturated rings. The number of benzene rings is 1. The highest BCUT2D eigenvalue weighted by molar-refractivity contribution is 5.89. The number of β-lactam (4-membered cyclic amide) rings is 1. The number of nitrogens with one attached hydrogen (secondary N) is 1. The molecule has 1 aliphatic rings. The van der Waals surface area contributed by atoms with Gasteiger partial charge in [-0.2, -0.15) is 0 Å². The second-order valence-electron chi connectivity index (χ2n) is 3.80. The molecule has 90 valence electrons. The van der Waals surface area contributed by atoms with Crippen molar-refractivity contribution in [2.45, 2.75) is 12.1 Å². The van der Waals surface area contributed by atoms with Crippen LogP contribution in [0.5, 0.6) is 0 Å². The quantitative estimate of drug-likeness (QED) is 0.614. The third kappa shape index (κ3) is 2.93. The van der Waals surface area contributed by atoms with Gasteiger partial charge in [0.1, 0.15) is 6.79 Å². The zero-order valence-corrected chi connectivity index (χ0v) is 9.63. The Morgan fingerprint density at radius 3 is 2.76 bits per heavy atom. The Kier molecular flexibility index (Phi) is 3.90. The molecule has 2 rings (SSSR count). The van der Waals surface area contributed by atoms with Crippen LogP contribution in [0.4, 0.5) is 0 Å². The van der Waals surface area contributed by atoms with Crippen LogP contribution in [0.15, 0.2) is 36.4 Å². The maximum atomic E-state index is 11.2. The summed E-state index contributed by atoms with van der Waals surface area (Å²) in [5.74, 6) is -0.0928. The molecule has 0 radical (unpaired) electrons. The molecule has 2 unspecified atom stereocenters. The molecule has 1 amide bonds. The first-order valence-corrected chi connectivity index (χ1v) is 5.45. The summed E-state index contributed by atoms with van der Waals surface area (Å²) >= 11 is 0. The summed E-state index contributed by atoms with van der Waals surface area (Å²) in [5, 5.41) is 2.77. The van der Waals surface area contributed by atoms with Gasteiger partial charge in [-0.3, -0.25) is 4.79 Å². The smallest absolute Gasteiger partial charge is 0.252 e. The Balaban J connectivity index is 1.91. The van der Waals surface area contributed by atoms with Gasteiger partial charge in [-0.1, -0.05) is 42.5 Å². The van der Waals surface area contributed by atoms with E-state index in [-0.39, 0.29) is 18.7 Å². The van der Waals surface area contributed by atoms with Gasteiger partial charge in [0, 0.05) is 7.11 Å². The number of methoxy groups -OCH3 is 1. The molecule has 4 heteroatoms. The van der Waals surface area contributed by atoms with E-state index < -0.39 is 6.10 Å². The van der Waals surface area contributed by atoms with Crippen LogP contribution in [-0.2, 0) is 14.3 Å². The standard InChI is InChI=1S/C13H15NO3/c1-16-9-17-12-11(14-13(12)15)8-7-10-5-3-2-4-6-10/h2-8,11-12H,9H2,1H3,(H,14,15)/b8-7+. The van der Waals surface area contributed by atoms with Crippen LogP contribution in [0.3, 0.4) is 0 Å². The van der Waals surface area contributed by atoms with Crippen molar-refractivity contribution in [1.29, 1.82) is 0 Å². The van der Waals surface area contributed by atoms with Crippen LogP contribution >= 0.6 is 0 Å². The van der Waals surface area contributed by atoms with E-state index in [9.17, 15) is 4.79 Å². The molecule has 1 heterocycles. The zero-order chi connectivity index (χ0) is 12.1. The van der Waals surface area contributed by atoms with Gasteiger partial charge in [0.2, 0.25) is 0 Å². The topological polar surface area (TPSA) is 47.6 Å². The minimum atomic E-state index is -0.435. The Morgan fingerprint density at radius 1 is 1.35 bits per heavy atom. The predicted molar refractivity (Wildman–Crippen MR) is 64.2 cm³/mol. The molecule has 0 bridgehead atoms. The number of carbonyl (C=O) groups is 1. The first kappa shape index (κ1) is 11.8. The fourth-order valence-corrected chi connectivity index (χ4v) is 1.64. The highest BCUT2D eigenvalue weighted by Gasteiger charge is 2.38. The van der Waals surface area contributed by atoms with Crippen molar-refractivity contribution >= 4 is 12.0 Å². The Bertz CT molecular complexity index is 402. The summed E-state index contributed by atoms with van der Waals surface area (Å²) in [6.07, 6.45) is 3.46. The van der Waals surface area contributed by atoms with E-state index in [4.69, 9.17) is 9.47 Å². The van der Waals surface area contributed by atoms with Crippen molar-refractivity contribution in [2.75, 3.05) is 13.9 Å². The van der Waals surface area contributed by atoms with Gasteiger partial charge in [-0.15, -0.1) is 0 Å². The number of hydrogen-bond donors (Lipinski definition) is 1. The van der Waals surface area contributed by atoms with Gasteiger partial charge < -0.3 is 14.8 Å². The molecular formula is C13H15NO3. The van der Waals surface area contributed by atoms with Crippen LogP contribution in [-0.4, -0.2) is 32.0 Å². The Labute approximate surface area is 100 Å². The molecule has 1 aromatic rings. The summed E-state index contributed by atoms with van der Waals surface area (Å²) < 4.78 is 10.0. The largest absolute Gasteiger partial charge is 0.359 e. The molecule has 2 atom stereocenters. The van der Waals surface area contributed by atoms with Gasteiger partial charge in [0.25, 0.3) is 5.91 Å². The third-order valence-corrected chi connectivity index (χ3v) is 2.55. The molecule has 17 heavy (non-hydrogen) atoms. The van der Waals surface area contributed by atoms with Crippen LogP contribution in [0, 0.1) is 0 Å². The van der Waals surface area contributed by atoms with Gasteiger partial charge in [-0.25, -0.2) is 0 Å². The average Bonchev–Trinajstić information content (AvgIpc) is 2.36. The lowest BCUT2D eigenvalue weighted by Gasteiger charge is -2.34. The molecule has 0 saturated carbocycles. The lowest BCUT2D eigenvalue weighted by molar-refractivity contribution is -0.157. The van der Waals surface area contributed by atoms with Gasteiger partial charge in [0.05, 0.1) is 6.04 Å². The monoisotopic (exact) mass is 233 g/mol. The Hall–Kier alpha value is -1.65. The lowest BCUT2D eigenvalue weighted by Crippen LogP contribution is -2.62. The first-order valence-electron chi connectivity index (χ1n) is 5.45. The van der Waals surface area contributed by atoms with E-state index in [2.05, 4.69) is 5.32 Å². The molecule has 0 aromatic heterocycles. The van der Waals surface area contributed by atoms with Crippen LogP contribution in [0.2, 0.25) is 0 Å². The van der Waals surface area contributed by atoms with E-state index in [0.717, 1.165) is 5.56 Å². The lowest BCUT2D eigenvalue weighted by atomic mass is 10.0. The van der Waals surface area contributed by atoms with Crippen molar-refractivity contribution < 1.29 is 14.3 Å². The number of rotatable bonds is 5. The molecule has 4 nitrogen and oxygen atoms in total. The van der Waals surface area contributed by atoms with Gasteiger partial charge in [0.15, 0.2) is 6.10 Å². The summed E-state index contributed by atoms with van der Waals surface area (Å²) in [5.41, 5.74) is 1.10. The fourth-order valence-electron chi connectivity index (χ4n) is 1.64. The van der Waals surface area contributed by atoms with E-state index in [1.165, 1.54) is 7.11 Å².